The van der Waals surface area contributed by atoms with Crippen LogP contribution >= 0.6 is 22.5 Å². The predicted octanol–water partition coefficient (Wildman–Crippen LogP) is 2.47. The third-order valence-electron chi connectivity index (χ3n) is 1.14. The number of aromatic hydroxyl groups is 1. The number of phenols is 1. The van der Waals surface area contributed by atoms with E-state index in [-0.39, 0.29) is 0 Å². The van der Waals surface area contributed by atoms with E-state index in [2.05, 4.69) is 11.7 Å². The first-order chi connectivity index (χ1) is 4.83. The molecule has 0 radical (unpaired) electrons. The van der Waals surface area contributed by atoms with Gasteiger partial charge in [0.15, 0.2) is 0 Å². The van der Waals surface area contributed by atoms with E-state index < -0.39 is 0 Å². The van der Waals surface area contributed by atoms with Crippen molar-refractivity contribution in [3.63, 3.8) is 0 Å². The minimum Gasteiger partial charge on any atom is -0.508 e. The number of thiol groups is 1. The zero-order chi connectivity index (χ0) is 7.40. The topological polar surface area (TPSA) is 20.2 Å². The van der Waals surface area contributed by atoms with E-state index in [1.807, 2.05) is 12.1 Å². The highest BCUT2D eigenvalue weighted by Gasteiger charge is 1.91. The molecule has 1 nitrogen and oxygen atoms in total. The molecule has 3 heteroatoms. The average molecular weight is 172 g/mol. The third-order valence-corrected chi connectivity index (χ3v) is 1.99. The molecule has 0 bridgehead atoms. The molecule has 54 valence electrons. The Bertz CT molecular complexity index is 213. The van der Waals surface area contributed by atoms with Crippen LogP contribution in [-0.4, -0.2) is 5.11 Å². The average Bonchev–Trinajstić information content (AvgIpc) is 1.88. The highest BCUT2D eigenvalue weighted by molar-refractivity contribution is 8.68. The molecule has 1 aromatic rings. The first kappa shape index (κ1) is 7.82. The van der Waals surface area contributed by atoms with Crippen LogP contribution in [0.5, 0.6) is 5.75 Å². The van der Waals surface area contributed by atoms with Crippen molar-refractivity contribution in [2.45, 2.75) is 5.75 Å². The first-order valence-electron chi connectivity index (χ1n) is 2.87. The fraction of sp³-hybridized carbons (Fsp3) is 0.143. The molecule has 0 atom stereocenters. The van der Waals surface area contributed by atoms with E-state index >= 15 is 0 Å². The zero-order valence-corrected chi connectivity index (χ0v) is 7.03. The van der Waals surface area contributed by atoms with Gasteiger partial charge in [-0.15, -0.1) is 11.7 Å². The summed E-state index contributed by atoms with van der Waals surface area (Å²) in [4.78, 5) is 0. The summed E-state index contributed by atoms with van der Waals surface area (Å²) in [5, 5.41) is 9.01. The molecule has 0 amide bonds. The van der Waals surface area contributed by atoms with Crippen molar-refractivity contribution in [3.05, 3.63) is 29.8 Å². The van der Waals surface area contributed by atoms with Gasteiger partial charge in [-0.05, 0) is 17.7 Å². The van der Waals surface area contributed by atoms with Crippen molar-refractivity contribution in [1.82, 2.24) is 0 Å². The van der Waals surface area contributed by atoms with Crippen molar-refractivity contribution in [1.29, 1.82) is 0 Å². The summed E-state index contributed by atoms with van der Waals surface area (Å²) in [6.45, 7) is 0. The lowest BCUT2D eigenvalue weighted by Crippen LogP contribution is -1.75. The maximum atomic E-state index is 9.01. The van der Waals surface area contributed by atoms with E-state index in [4.69, 9.17) is 5.11 Å². The van der Waals surface area contributed by atoms with Gasteiger partial charge in [0.25, 0.3) is 0 Å². The Morgan fingerprint density at radius 2 is 2.30 bits per heavy atom. The maximum absolute atomic E-state index is 9.01. The Morgan fingerprint density at radius 3 is 2.90 bits per heavy atom. The number of hydrogen-bond donors (Lipinski definition) is 2. The van der Waals surface area contributed by atoms with Gasteiger partial charge in [-0.3, -0.25) is 0 Å². The summed E-state index contributed by atoms with van der Waals surface area (Å²) in [5.41, 5.74) is 1.10. The molecule has 0 saturated heterocycles. The Hall–Kier alpha value is -0.280. The maximum Gasteiger partial charge on any atom is 0.115 e. The highest BCUT2D eigenvalue weighted by atomic mass is 33.1. The molecule has 0 spiro atoms. The smallest absolute Gasteiger partial charge is 0.115 e. The van der Waals surface area contributed by atoms with Gasteiger partial charge in [-0.2, -0.15) is 0 Å². The largest absolute Gasteiger partial charge is 0.508 e. The predicted molar refractivity (Wildman–Crippen MR) is 48.4 cm³/mol. The van der Waals surface area contributed by atoms with Crippen LogP contribution in [0.1, 0.15) is 5.56 Å². The van der Waals surface area contributed by atoms with Gasteiger partial charge >= 0.3 is 0 Å². The molecular formula is C7H8OS2. The van der Waals surface area contributed by atoms with Gasteiger partial charge < -0.3 is 5.11 Å². The van der Waals surface area contributed by atoms with Gasteiger partial charge in [0.2, 0.25) is 0 Å². The van der Waals surface area contributed by atoms with Crippen LogP contribution in [0.4, 0.5) is 0 Å². The second-order valence-electron chi connectivity index (χ2n) is 1.94. The van der Waals surface area contributed by atoms with Crippen LogP contribution in [0.15, 0.2) is 24.3 Å². The standard InChI is InChI=1S/C7H8OS2/c8-7-3-1-2-6(4-7)5-10-9/h1-4,8-9H,5H2. The van der Waals surface area contributed by atoms with E-state index in [0.29, 0.717) is 5.75 Å². The molecule has 1 rings (SSSR count). The van der Waals surface area contributed by atoms with Gasteiger partial charge in [0, 0.05) is 5.75 Å². The lowest BCUT2D eigenvalue weighted by atomic mass is 10.2. The van der Waals surface area contributed by atoms with Gasteiger partial charge in [-0.1, -0.05) is 22.9 Å². The van der Waals surface area contributed by atoms with Gasteiger partial charge in [0.05, 0.1) is 0 Å². The summed E-state index contributed by atoms with van der Waals surface area (Å²) in [5.74, 6) is 1.15. The lowest BCUT2D eigenvalue weighted by Gasteiger charge is -1.96. The molecule has 0 aliphatic carbocycles. The van der Waals surface area contributed by atoms with E-state index in [1.165, 1.54) is 10.8 Å². The zero-order valence-electron chi connectivity index (χ0n) is 5.32. The minimum absolute atomic E-state index is 0.319. The molecule has 0 heterocycles. The Kier molecular flexibility index (Phi) is 2.96. The van der Waals surface area contributed by atoms with Crippen molar-refractivity contribution >= 4 is 22.5 Å². The molecule has 0 saturated carbocycles. The van der Waals surface area contributed by atoms with Crippen molar-refractivity contribution in [3.8, 4) is 5.75 Å². The van der Waals surface area contributed by atoms with Crippen molar-refractivity contribution in [2.75, 3.05) is 0 Å². The van der Waals surface area contributed by atoms with E-state index in [0.717, 1.165) is 11.3 Å². The van der Waals surface area contributed by atoms with Crippen molar-refractivity contribution < 1.29 is 5.11 Å². The SMILES string of the molecule is Oc1cccc(CSS)c1. The number of rotatable bonds is 2. The first-order valence-corrected chi connectivity index (χ1v) is 4.91. The Morgan fingerprint density at radius 1 is 1.50 bits per heavy atom. The van der Waals surface area contributed by atoms with E-state index in [1.54, 1.807) is 12.1 Å². The van der Waals surface area contributed by atoms with Gasteiger partial charge in [0.1, 0.15) is 5.75 Å². The fourth-order valence-corrected chi connectivity index (χ4v) is 1.50. The summed E-state index contributed by atoms with van der Waals surface area (Å²) in [7, 11) is 1.45. The molecule has 0 aliphatic heterocycles. The molecule has 1 N–H and O–H groups in total. The highest BCUT2D eigenvalue weighted by Crippen LogP contribution is 2.18. The second kappa shape index (κ2) is 3.78. The quantitative estimate of drug-likeness (QED) is 0.528. The Labute approximate surface area is 69.3 Å². The lowest BCUT2D eigenvalue weighted by molar-refractivity contribution is 0.475. The monoisotopic (exact) mass is 172 g/mol. The van der Waals surface area contributed by atoms with Crippen LogP contribution in [0.25, 0.3) is 0 Å². The molecule has 0 aliphatic rings. The van der Waals surface area contributed by atoms with Gasteiger partial charge in [-0.25, -0.2) is 0 Å². The number of hydrogen-bond acceptors (Lipinski definition) is 3. The molecule has 0 aromatic heterocycles. The number of benzene rings is 1. The van der Waals surface area contributed by atoms with E-state index in [9.17, 15) is 0 Å². The van der Waals surface area contributed by atoms with Crippen LogP contribution in [-0.2, 0) is 5.75 Å². The Balaban J connectivity index is 2.75. The van der Waals surface area contributed by atoms with Crippen molar-refractivity contribution in [2.24, 2.45) is 0 Å². The molecule has 1 aromatic carbocycles. The normalized spacial score (nSPS) is 9.70. The van der Waals surface area contributed by atoms with Crippen LogP contribution in [0, 0.1) is 0 Å². The van der Waals surface area contributed by atoms with Crippen LogP contribution < -0.4 is 0 Å². The summed E-state index contributed by atoms with van der Waals surface area (Å²) in [6.07, 6.45) is 0. The summed E-state index contributed by atoms with van der Waals surface area (Å²) in [6, 6.07) is 7.19. The summed E-state index contributed by atoms with van der Waals surface area (Å²) >= 11 is 4.00. The summed E-state index contributed by atoms with van der Waals surface area (Å²) < 4.78 is 0. The fourth-order valence-electron chi connectivity index (χ4n) is 0.721. The molecular weight excluding hydrogens is 164 g/mol. The molecule has 10 heavy (non-hydrogen) atoms. The number of phenolic OH excluding ortho intramolecular Hbond substituents is 1. The second-order valence-corrected chi connectivity index (χ2v) is 3.26. The minimum atomic E-state index is 0.319. The van der Waals surface area contributed by atoms with Crippen LogP contribution in [0.3, 0.4) is 0 Å². The third kappa shape index (κ3) is 2.15. The molecule has 0 unspecified atom stereocenters. The molecule has 0 fully saturated rings. The van der Waals surface area contributed by atoms with Crippen LogP contribution in [0.2, 0.25) is 0 Å².